The predicted octanol–water partition coefficient (Wildman–Crippen LogP) is 2.86. The fraction of sp³-hybridized carbons (Fsp3) is 0.333. The Hall–Kier alpha value is -3.02. The van der Waals surface area contributed by atoms with E-state index in [1.165, 1.54) is 0 Å². The molecule has 138 valence electrons. The summed E-state index contributed by atoms with van der Waals surface area (Å²) in [6, 6.07) is 13.2. The first kappa shape index (κ1) is 16.2. The maximum absolute atomic E-state index is 12.8. The highest BCUT2D eigenvalue weighted by Gasteiger charge is 2.36. The van der Waals surface area contributed by atoms with E-state index in [1.807, 2.05) is 36.4 Å². The van der Waals surface area contributed by atoms with Crippen molar-refractivity contribution in [3.63, 3.8) is 0 Å². The largest absolute Gasteiger partial charge is 0.493 e. The molecule has 0 aromatic heterocycles. The Morgan fingerprint density at radius 1 is 1.19 bits per heavy atom. The third-order valence-electron chi connectivity index (χ3n) is 5.65. The number of anilines is 2. The van der Waals surface area contributed by atoms with Crippen molar-refractivity contribution in [1.29, 1.82) is 0 Å². The van der Waals surface area contributed by atoms with Gasteiger partial charge in [0, 0.05) is 24.1 Å². The topological polar surface area (TPSA) is 70.7 Å². The fourth-order valence-corrected chi connectivity index (χ4v) is 4.31. The molecule has 0 spiro atoms. The lowest BCUT2D eigenvalue weighted by atomic mass is 10.00. The molecule has 2 aromatic rings. The van der Waals surface area contributed by atoms with Crippen LogP contribution in [0.4, 0.5) is 11.4 Å². The second-order valence-corrected chi connectivity index (χ2v) is 7.27. The number of para-hydroxylation sites is 1. The van der Waals surface area contributed by atoms with Gasteiger partial charge in [0.15, 0.2) is 0 Å². The highest BCUT2D eigenvalue weighted by molar-refractivity contribution is 6.06. The van der Waals surface area contributed by atoms with Gasteiger partial charge in [-0.05, 0) is 37.1 Å². The van der Waals surface area contributed by atoms with E-state index in [0.717, 1.165) is 48.5 Å². The summed E-state index contributed by atoms with van der Waals surface area (Å²) in [6.45, 7) is 1.47. The third kappa shape index (κ3) is 2.72. The average molecular weight is 363 g/mol. The molecule has 3 heterocycles. The van der Waals surface area contributed by atoms with Gasteiger partial charge in [-0.1, -0.05) is 18.2 Å². The molecule has 2 N–H and O–H groups in total. The molecular weight excluding hydrogens is 342 g/mol. The Morgan fingerprint density at radius 3 is 3.00 bits per heavy atom. The minimum atomic E-state index is -0.141. The summed E-state index contributed by atoms with van der Waals surface area (Å²) in [7, 11) is 0. The van der Waals surface area contributed by atoms with Gasteiger partial charge in [-0.15, -0.1) is 0 Å². The lowest BCUT2D eigenvalue weighted by Crippen LogP contribution is -2.44. The molecule has 1 fully saturated rings. The van der Waals surface area contributed by atoms with Crippen molar-refractivity contribution >= 4 is 23.2 Å². The molecule has 2 atom stereocenters. The van der Waals surface area contributed by atoms with Crippen molar-refractivity contribution in [2.45, 2.75) is 31.3 Å². The van der Waals surface area contributed by atoms with E-state index in [-0.39, 0.29) is 23.9 Å². The number of carbonyl (C=O) groups excluding carboxylic acids is 2. The zero-order valence-electron chi connectivity index (χ0n) is 14.9. The fourth-order valence-electron chi connectivity index (χ4n) is 4.31. The molecule has 6 nitrogen and oxygen atoms in total. The number of carbonyl (C=O) groups is 2. The highest BCUT2D eigenvalue weighted by Crippen LogP contribution is 2.37. The van der Waals surface area contributed by atoms with Gasteiger partial charge < -0.3 is 20.3 Å². The van der Waals surface area contributed by atoms with Crippen LogP contribution in [-0.2, 0) is 4.79 Å². The van der Waals surface area contributed by atoms with E-state index in [0.29, 0.717) is 12.2 Å². The second kappa shape index (κ2) is 6.30. The minimum Gasteiger partial charge on any atom is -0.493 e. The number of benzene rings is 2. The van der Waals surface area contributed by atoms with Crippen LogP contribution in [0.25, 0.3) is 0 Å². The SMILES string of the molecule is O=C(N[C@H]1CCOc2ccccc21)c1ccc2c(c1)NC(=O)[C@@H]1CCCN21. The number of nitrogens with one attached hydrogen (secondary N) is 2. The van der Waals surface area contributed by atoms with E-state index >= 15 is 0 Å². The van der Waals surface area contributed by atoms with Crippen LogP contribution in [0.5, 0.6) is 5.75 Å². The summed E-state index contributed by atoms with van der Waals surface area (Å²) in [5, 5.41) is 6.08. The van der Waals surface area contributed by atoms with Gasteiger partial charge >= 0.3 is 0 Å². The lowest BCUT2D eigenvalue weighted by Gasteiger charge is -2.33. The molecule has 3 aliphatic heterocycles. The number of ether oxygens (including phenoxy) is 1. The summed E-state index contributed by atoms with van der Waals surface area (Å²) in [5.41, 5.74) is 3.28. The molecule has 2 amide bonds. The molecule has 1 saturated heterocycles. The van der Waals surface area contributed by atoms with Gasteiger partial charge in [0.2, 0.25) is 5.91 Å². The molecular formula is C21H21N3O3. The van der Waals surface area contributed by atoms with Crippen molar-refractivity contribution < 1.29 is 14.3 Å². The average Bonchev–Trinajstić information content (AvgIpc) is 3.19. The van der Waals surface area contributed by atoms with E-state index in [1.54, 1.807) is 6.07 Å². The summed E-state index contributed by atoms with van der Waals surface area (Å²) in [5.74, 6) is 0.708. The molecule has 0 radical (unpaired) electrons. The summed E-state index contributed by atoms with van der Waals surface area (Å²) in [4.78, 5) is 27.3. The maximum atomic E-state index is 12.8. The van der Waals surface area contributed by atoms with Crippen molar-refractivity contribution in [2.24, 2.45) is 0 Å². The lowest BCUT2D eigenvalue weighted by molar-refractivity contribution is -0.117. The molecule has 3 aliphatic rings. The normalized spacial score (nSPS) is 22.8. The van der Waals surface area contributed by atoms with E-state index in [9.17, 15) is 9.59 Å². The Labute approximate surface area is 157 Å². The number of hydrogen-bond acceptors (Lipinski definition) is 4. The highest BCUT2D eigenvalue weighted by atomic mass is 16.5. The van der Waals surface area contributed by atoms with Crippen molar-refractivity contribution in [1.82, 2.24) is 5.32 Å². The summed E-state index contributed by atoms with van der Waals surface area (Å²) >= 11 is 0. The van der Waals surface area contributed by atoms with Crippen LogP contribution >= 0.6 is 0 Å². The number of amides is 2. The Bertz CT molecular complexity index is 927. The molecule has 0 aliphatic carbocycles. The predicted molar refractivity (Wildman–Crippen MR) is 102 cm³/mol. The quantitative estimate of drug-likeness (QED) is 0.861. The van der Waals surface area contributed by atoms with Crippen LogP contribution in [0.2, 0.25) is 0 Å². The van der Waals surface area contributed by atoms with Crippen LogP contribution in [0, 0.1) is 0 Å². The molecule has 5 rings (SSSR count). The van der Waals surface area contributed by atoms with Crippen LogP contribution in [0.1, 0.15) is 41.2 Å². The monoisotopic (exact) mass is 363 g/mol. The first-order chi connectivity index (χ1) is 13.2. The molecule has 27 heavy (non-hydrogen) atoms. The Kier molecular flexibility index (Phi) is 3.77. The van der Waals surface area contributed by atoms with Crippen LogP contribution < -0.4 is 20.3 Å². The molecule has 0 bridgehead atoms. The van der Waals surface area contributed by atoms with E-state index in [4.69, 9.17) is 4.74 Å². The minimum absolute atomic E-state index is 0.0240. The first-order valence-electron chi connectivity index (χ1n) is 9.45. The van der Waals surface area contributed by atoms with Gasteiger partial charge in [-0.3, -0.25) is 9.59 Å². The number of nitrogens with zero attached hydrogens (tertiary/aromatic N) is 1. The molecule has 6 heteroatoms. The number of hydrogen-bond donors (Lipinski definition) is 2. The standard InChI is InChI=1S/C21H21N3O3/c25-20(22-15-9-11-27-19-6-2-1-4-14(15)19)13-7-8-17-16(12-13)23-21(26)18-5-3-10-24(17)18/h1-2,4,6-8,12,15,18H,3,5,9-11H2,(H,22,25)(H,23,26)/t15-,18-/m0/s1. The smallest absolute Gasteiger partial charge is 0.251 e. The summed E-state index contributed by atoms with van der Waals surface area (Å²) in [6.07, 6.45) is 2.64. The van der Waals surface area contributed by atoms with Gasteiger partial charge in [0.25, 0.3) is 5.91 Å². The Morgan fingerprint density at radius 2 is 2.07 bits per heavy atom. The maximum Gasteiger partial charge on any atom is 0.251 e. The Balaban J connectivity index is 1.39. The van der Waals surface area contributed by atoms with Crippen molar-refractivity contribution in [3.8, 4) is 5.75 Å². The third-order valence-corrected chi connectivity index (χ3v) is 5.65. The first-order valence-corrected chi connectivity index (χ1v) is 9.45. The summed E-state index contributed by atoms with van der Waals surface area (Å²) < 4.78 is 5.66. The molecule has 0 unspecified atom stereocenters. The van der Waals surface area contributed by atoms with Gasteiger partial charge in [0.1, 0.15) is 11.8 Å². The zero-order valence-corrected chi connectivity index (χ0v) is 14.9. The number of fused-ring (bicyclic) bond motifs is 4. The van der Waals surface area contributed by atoms with Gasteiger partial charge in [0.05, 0.1) is 24.0 Å². The van der Waals surface area contributed by atoms with Crippen LogP contribution in [0.3, 0.4) is 0 Å². The van der Waals surface area contributed by atoms with Crippen LogP contribution in [-0.4, -0.2) is 31.0 Å². The molecule has 0 saturated carbocycles. The van der Waals surface area contributed by atoms with E-state index < -0.39 is 0 Å². The zero-order chi connectivity index (χ0) is 18.4. The van der Waals surface area contributed by atoms with Gasteiger partial charge in [-0.2, -0.15) is 0 Å². The second-order valence-electron chi connectivity index (χ2n) is 7.27. The van der Waals surface area contributed by atoms with Crippen molar-refractivity contribution in [2.75, 3.05) is 23.4 Å². The van der Waals surface area contributed by atoms with Gasteiger partial charge in [-0.25, -0.2) is 0 Å². The van der Waals surface area contributed by atoms with Crippen molar-refractivity contribution in [3.05, 3.63) is 53.6 Å². The molecule has 2 aromatic carbocycles. The van der Waals surface area contributed by atoms with E-state index in [2.05, 4.69) is 15.5 Å². The van der Waals surface area contributed by atoms with Crippen LogP contribution in [0.15, 0.2) is 42.5 Å². The number of rotatable bonds is 2.